The number of benzene rings is 2. The highest BCUT2D eigenvalue weighted by Crippen LogP contribution is 2.45. The molecule has 2 aromatic rings. The summed E-state index contributed by atoms with van der Waals surface area (Å²) in [5, 5.41) is 0. The molecule has 4 heterocycles. The summed E-state index contributed by atoms with van der Waals surface area (Å²) >= 11 is 0. The quantitative estimate of drug-likeness (QED) is 0.408. The molecule has 206 valence electrons. The summed E-state index contributed by atoms with van der Waals surface area (Å²) in [5.41, 5.74) is 2.15. The summed E-state index contributed by atoms with van der Waals surface area (Å²) < 4.78 is 54.8. The van der Waals surface area contributed by atoms with E-state index < -0.39 is 36.7 Å². The number of hydrogen-bond acceptors (Lipinski definition) is 9. The lowest BCUT2D eigenvalue weighted by atomic mass is 10.1. The van der Waals surface area contributed by atoms with E-state index in [1.54, 1.807) is 7.11 Å². The van der Waals surface area contributed by atoms with Crippen LogP contribution in [0.25, 0.3) is 0 Å². The zero-order chi connectivity index (χ0) is 26.1. The van der Waals surface area contributed by atoms with Gasteiger partial charge < -0.3 is 42.6 Å². The molecule has 9 heteroatoms. The first-order valence-corrected chi connectivity index (χ1v) is 13.2. The van der Waals surface area contributed by atoms with Crippen molar-refractivity contribution in [3.63, 3.8) is 0 Å². The van der Waals surface area contributed by atoms with Gasteiger partial charge in [-0.3, -0.25) is 0 Å². The summed E-state index contributed by atoms with van der Waals surface area (Å²) in [6.45, 7) is 5.45. The molecule has 9 nitrogen and oxygen atoms in total. The first kappa shape index (κ1) is 26.3. The Morgan fingerprint density at radius 2 is 1.50 bits per heavy atom. The van der Waals surface area contributed by atoms with Crippen LogP contribution in [0.5, 0.6) is 0 Å². The molecule has 4 fully saturated rings. The molecule has 0 aromatic heterocycles. The summed E-state index contributed by atoms with van der Waals surface area (Å²) in [4.78, 5) is 0. The van der Waals surface area contributed by atoms with E-state index in [2.05, 4.69) is 0 Å². The third-order valence-electron chi connectivity index (χ3n) is 7.31. The average molecular weight is 529 g/mol. The molecule has 0 unspecified atom stereocenters. The molecule has 4 saturated heterocycles. The molecule has 0 spiro atoms. The maximum absolute atomic E-state index is 6.49. The Bertz CT molecular complexity index is 1030. The Balaban J connectivity index is 1.13. The maximum Gasteiger partial charge on any atom is 0.187 e. The zero-order valence-corrected chi connectivity index (χ0v) is 22.0. The number of ether oxygens (including phenoxy) is 9. The van der Waals surface area contributed by atoms with Crippen LogP contribution in [0.15, 0.2) is 60.7 Å². The second-order valence-electron chi connectivity index (χ2n) is 10.5. The van der Waals surface area contributed by atoms with Crippen LogP contribution in [0.3, 0.4) is 0 Å². The van der Waals surface area contributed by atoms with Gasteiger partial charge in [-0.05, 0) is 25.0 Å². The first-order valence-electron chi connectivity index (χ1n) is 13.2. The van der Waals surface area contributed by atoms with Crippen molar-refractivity contribution in [2.24, 2.45) is 0 Å². The van der Waals surface area contributed by atoms with Crippen molar-refractivity contribution in [1.29, 1.82) is 0 Å². The van der Waals surface area contributed by atoms with Gasteiger partial charge in [0.05, 0.1) is 26.4 Å². The molecular weight excluding hydrogens is 492 g/mol. The third-order valence-corrected chi connectivity index (χ3v) is 7.31. The zero-order valence-electron chi connectivity index (χ0n) is 22.0. The van der Waals surface area contributed by atoms with Gasteiger partial charge in [0.15, 0.2) is 18.4 Å². The standard InChI is InChI=1S/C29H36O9/c1-29(2)33-17-21(38-29)23-24-26(35-24)28(36-23)37-25-22(32-15-19-12-8-5-9-13-19)20(34-27(25)30-3)16-31-14-18-10-6-4-7-11-18/h4-13,20-28H,14-17H2,1-3H3/t20-,21-,22-,23+,24-,25+,26-,27+,28-/m1/s1. The van der Waals surface area contributed by atoms with Crippen molar-refractivity contribution >= 4 is 0 Å². The van der Waals surface area contributed by atoms with Crippen molar-refractivity contribution in [2.45, 2.75) is 88.2 Å². The van der Waals surface area contributed by atoms with Gasteiger partial charge in [-0.2, -0.15) is 0 Å². The van der Waals surface area contributed by atoms with Crippen LogP contribution in [0.4, 0.5) is 0 Å². The molecule has 4 aliphatic rings. The van der Waals surface area contributed by atoms with Crippen LogP contribution in [0, 0.1) is 0 Å². The second kappa shape index (κ2) is 11.3. The van der Waals surface area contributed by atoms with E-state index in [-0.39, 0.29) is 24.4 Å². The molecule has 0 radical (unpaired) electrons. The topological polar surface area (TPSA) is 86.4 Å². The van der Waals surface area contributed by atoms with Crippen LogP contribution in [0.2, 0.25) is 0 Å². The van der Waals surface area contributed by atoms with Crippen LogP contribution in [-0.4, -0.2) is 81.4 Å². The summed E-state index contributed by atoms with van der Waals surface area (Å²) in [5.74, 6) is -0.638. The minimum Gasteiger partial charge on any atom is -0.374 e. The molecule has 0 bridgehead atoms. The van der Waals surface area contributed by atoms with Crippen molar-refractivity contribution in [3.8, 4) is 0 Å². The number of hydrogen-bond donors (Lipinski definition) is 0. The number of methoxy groups -OCH3 is 1. The summed E-state index contributed by atoms with van der Waals surface area (Å²) in [6, 6.07) is 20.0. The molecule has 9 atom stereocenters. The molecular formula is C29H36O9. The van der Waals surface area contributed by atoms with Gasteiger partial charge in [0.1, 0.15) is 42.7 Å². The summed E-state index contributed by atoms with van der Waals surface area (Å²) in [7, 11) is 1.60. The van der Waals surface area contributed by atoms with E-state index in [0.717, 1.165) is 11.1 Å². The third kappa shape index (κ3) is 5.82. The predicted molar refractivity (Wildman–Crippen MR) is 134 cm³/mol. The van der Waals surface area contributed by atoms with Gasteiger partial charge in [-0.1, -0.05) is 60.7 Å². The van der Waals surface area contributed by atoms with Crippen LogP contribution in [0.1, 0.15) is 25.0 Å². The van der Waals surface area contributed by atoms with E-state index in [1.165, 1.54) is 0 Å². The van der Waals surface area contributed by atoms with Gasteiger partial charge in [0.25, 0.3) is 0 Å². The summed E-state index contributed by atoms with van der Waals surface area (Å²) in [6.07, 6.45) is -3.34. The monoisotopic (exact) mass is 528 g/mol. The molecule has 0 amide bonds. The number of fused-ring (bicyclic) bond motifs is 1. The second-order valence-corrected chi connectivity index (χ2v) is 10.5. The Morgan fingerprint density at radius 3 is 2.16 bits per heavy atom. The number of epoxide rings is 1. The van der Waals surface area contributed by atoms with Crippen molar-refractivity contribution in [1.82, 2.24) is 0 Å². The van der Waals surface area contributed by atoms with Gasteiger partial charge in [-0.15, -0.1) is 0 Å². The largest absolute Gasteiger partial charge is 0.374 e. The normalized spacial score (nSPS) is 37.4. The fraction of sp³-hybridized carbons (Fsp3) is 0.586. The van der Waals surface area contributed by atoms with E-state index in [1.807, 2.05) is 74.5 Å². The molecule has 2 aromatic carbocycles. The minimum atomic E-state index is -0.647. The first-order chi connectivity index (χ1) is 18.5. The van der Waals surface area contributed by atoms with E-state index in [0.29, 0.717) is 26.4 Å². The van der Waals surface area contributed by atoms with Gasteiger partial charge >= 0.3 is 0 Å². The minimum absolute atomic E-state index is 0.0838. The smallest absolute Gasteiger partial charge is 0.187 e. The molecule has 0 aliphatic carbocycles. The Hall–Kier alpha value is -1.92. The van der Waals surface area contributed by atoms with Crippen LogP contribution < -0.4 is 0 Å². The number of rotatable bonds is 11. The van der Waals surface area contributed by atoms with E-state index in [9.17, 15) is 0 Å². The molecule has 38 heavy (non-hydrogen) atoms. The molecule has 4 aliphatic heterocycles. The Morgan fingerprint density at radius 1 is 0.789 bits per heavy atom. The fourth-order valence-corrected chi connectivity index (χ4v) is 5.37. The highest BCUT2D eigenvalue weighted by Gasteiger charge is 2.64. The van der Waals surface area contributed by atoms with Crippen LogP contribution in [-0.2, 0) is 55.8 Å². The highest BCUT2D eigenvalue weighted by molar-refractivity contribution is 5.14. The Labute approximate surface area is 223 Å². The van der Waals surface area contributed by atoms with Gasteiger partial charge in [-0.25, -0.2) is 0 Å². The lowest BCUT2D eigenvalue weighted by Crippen LogP contribution is -2.43. The van der Waals surface area contributed by atoms with Crippen molar-refractivity contribution in [2.75, 3.05) is 20.3 Å². The lowest BCUT2D eigenvalue weighted by Gasteiger charge is -2.28. The van der Waals surface area contributed by atoms with E-state index >= 15 is 0 Å². The Kier molecular flexibility index (Phi) is 7.82. The SMILES string of the molecule is CO[C@H]1O[C@H](COCc2ccccc2)[C@@H](OCc2ccccc2)[C@@H]1O[C@H]1O[C@@H]([C@H]2COC(C)(C)O2)[C@H]2O[C@@H]12. The van der Waals surface area contributed by atoms with Crippen molar-refractivity contribution < 1.29 is 42.6 Å². The average Bonchev–Trinajstić information content (AvgIpc) is 3.37. The van der Waals surface area contributed by atoms with Gasteiger partial charge in [0.2, 0.25) is 0 Å². The lowest BCUT2D eigenvalue weighted by molar-refractivity contribution is -0.255. The van der Waals surface area contributed by atoms with Crippen LogP contribution >= 0.6 is 0 Å². The molecule has 0 saturated carbocycles. The molecule has 0 N–H and O–H groups in total. The van der Waals surface area contributed by atoms with E-state index in [4.69, 9.17) is 42.6 Å². The highest BCUT2D eigenvalue weighted by atomic mass is 16.8. The van der Waals surface area contributed by atoms with Crippen molar-refractivity contribution in [3.05, 3.63) is 71.8 Å². The maximum atomic E-state index is 6.49. The molecule has 6 rings (SSSR count). The fourth-order valence-electron chi connectivity index (χ4n) is 5.37. The predicted octanol–water partition coefficient (Wildman–Crippen LogP) is 3.19. The van der Waals surface area contributed by atoms with Gasteiger partial charge in [0, 0.05) is 7.11 Å².